The fraction of sp³-hybridized carbons (Fsp3) is 0.250. The van der Waals surface area contributed by atoms with Gasteiger partial charge in [-0.3, -0.25) is 4.79 Å². The van der Waals surface area contributed by atoms with Crippen LogP contribution in [0, 0.1) is 0 Å². The molecule has 9 nitrogen and oxygen atoms in total. The van der Waals surface area contributed by atoms with Crippen LogP contribution in [0.2, 0.25) is 0 Å². The van der Waals surface area contributed by atoms with Crippen molar-refractivity contribution in [2.24, 2.45) is 0 Å². The number of alkyl carbamates (subject to hydrolysis) is 1. The van der Waals surface area contributed by atoms with Crippen LogP contribution in [0.25, 0.3) is 0 Å². The number of carbonyl (C=O) groups excluding carboxylic acids is 3. The molecule has 3 aromatic rings. The molecule has 0 spiro atoms. The molecule has 0 aromatic heterocycles. The quantitative estimate of drug-likeness (QED) is 0.294. The molecule has 3 rings (SSSR count). The van der Waals surface area contributed by atoms with Crippen molar-refractivity contribution in [3.05, 3.63) is 102 Å². The van der Waals surface area contributed by atoms with Crippen LogP contribution in [0.15, 0.2) is 84.9 Å². The Morgan fingerprint density at radius 2 is 1.30 bits per heavy atom. The maximum Gasteiger partial charge on any atom is 0.408 e. The van der Waals surface area contributed by atoms with Crippen molar-refractivity contribution in [3.8, 4) is 5.75 Å². The van der Waals surface area contributed by atoms with E-state index in [2.05, 4.69) is 10.6 Å². The van der Waals surface area contributed by atoms with Crippen LogP contribution in [0.4, 0.5) is 4.79 Å². The zero-order valence-corrected chi connectivity index (χ0v) is 20.4. The molecular weight excluding hydrogens is 476 g/mol. The molecule has 0 aliphatic rings. The van der Waals surface area contributed by atoms with Gasteiger partial charge in [-0.2, -0.15) is 0 Å². The van der Waals surface area contributed by atoms with Crippen LogP contribution >= 0.6 is 0 Å². The predicted molar refractivity (Wildman–Crippen MR) is 135 cm³/mol. The maximum atomic E-state index is 13.0. The number of esters is 1. The summed E-state index contributed by atoms with van der Waals surface area (Å²) in [6.07, 6.45) is -2.12. The molecule has 0 bridgehead atoms. The maximum absolute atomic E-state index is 13.0. The third-order valence-corrected chi connectivity index (χ3v) is 5.45. The summed E-state index contributed by atoms with van der Waals surface area (Å²) in [6, 6.07) is 21.7. The molecule has 4 N–H and O–H groups in total. The van der Waals surface area contributed by atoms with E-state index in [1.54, 1.807) is 48.5 Å². The van der Waals surface area contributed by atoms with E-state index in [0.29, 0.717) is 5.56 Å². The molecule has 0 fully saturated rings. The highest BCUT2D eigenvalue weighted by Gasteiger charge is 2.31. The summed E-state index contributed by atoms with van der Waals surface area (Å²) in [5.74, 6) is -1.42. The molecule has 3 atom stereocenters. The molecule has 0 radical (unpaired) electrons. The summed E-state index contributed by atoms with van der Waals surface area (Å²) < 4.78 is 10.6. The molecule has 0 aliphatic carbocycles. The first-order valence-corrected chi connectivity index (χ1v) is 11.8. The number of phenols is 1. The molecule has 0 aliphatic heterocycles. The Bertz CT molecular complexity index is 1150. The predicted octanol–water partition coefficient (Wildman–Crippen LogP) is 2.84. The SMILES string of the molecule is C[C@H](O)[C@@H](NC(=O)OCc1ccccc1)C(=O)N[C@@H](Cc1ccc(O)cc1)C(=O)OCc1ccccc1. The summed E-state index contributed by atoms with van der Waals surface area (Å²) in [5, 5.41) is 24.6. The molecule has 0 unspecified atom stereocenters. The van der Waals surface area contributed by atoms with E-state index in [9.17, 15) is 24.6 Å². The van der Waals surface area contributed by atoms with E-state index < -0.39 is 36.2 Å². The van der Waals surface area contributed by atoms with E-state index in [0.717, 1.165) is 11.1 Å². The van der Waals surface area contributed by atoms with Gasteiger partial charge < -0.3 is 30.3 Å². The lowest BCUT2D eigenvalue weighted by molar-refractivity contribution is -0.149. The second-order valence-corrected chi connectivity index (χ2v) is 8.45. The van der Waals surface area contributed by atoms with E-state index in [1.807, 2.05) is 24.3 Å². The third kappa shape index (κ3) is 8.97. The first-order chi connectivity index (χ1) is 17.8. The number of nitrogens with one attached hydrogen (secondary N) is 2. The molecule has 37 heavy (non-hydrogen) atoms. The summed E-state index contributed by atoms with van der Waals surface area (Å²) >= 11 is 0. The average molecular weight is 507 g/mol. The second-order valence-electron chi connectivity index (χ2n) is 8.45. The van der Waals surface area contributed by atoms with Gasteiger partial charge in [-0.05, 0) is 35.7 Å². The highest BCUT2D eigenvalue weighted by atomic mass is 16.5. The summed E-state index contributed by atoms with van der Waals surface area (Å²) in [4.78, 5) is 38.3. The van der Waals surface area contributed by atoms with Crippen molar-refractivity contribution in [3.63, 3.8) is 0 Å². The van der Waals surface area contributed by atoms with Crippen molar-refractivity contribution < 1.29 is 34.1 Å². The van der Waals surface area contributed by atoms with Gasteiger partial charge in [-0.25, -0.2) is 9.59 Å². The van der Waals surface area contributed by atoms with Gasteiger partial charge in [0.05, 0.1) is 6.10 Å². The second kappa shape index (κ2) is 13.6. The Morgan fingerprint density at radius 3 is 1.84 bits per heavy atom. The summed E-state index contributed by atoms with van der Waals surface area (Å²) in [6.45, 7) is 1.33. The fourth-order valence-electron chi connectivity index (χ4n) is 3.45. The Kier molecular flexibility index (Phi) is 10.0. The zero-order chi connectivity index (χ0) is 26.6. The number of hydrogen-bond donors (Lipinski definition) is 4. The van der Waals surface area contributed by atoms with Crippen LogP contribution in [-0.4, -0.2) is 46.4 Å². The zero-order valence-electron chi connectivity index (χ0n) is 20.4. The standard InChI is InChI=1S/C28H30N2O7/c1-19(31)25(30-28(35)37-18-22-10-6-3-7-11-22)26(33)29-24(16-20-12-14-23(32)15-13-20)27(34)36-17-21-8-4-2-5-9-21/h2-15,19,24-25,31-32H,16-18H2,1H3,(H,29,33)(H,30,35)/t19-,24-,25+/m0/s1. The summed E-state index contributed by atoms with van der Waals surface area (Å²) in [7, 11) is 0. The van der Waals surface area contributed by atoms with Gasteiger partial charge in [-0.15, -0.1) is 0 Å². The average Bonchev–Trinajstić information content (AvgIpc) is 2.91. The van der Waals surface area contributed by atoms with Gasteiger partial charge in [0.2, 0.25) is 5.91 Å². The smallest absolute Gasteiger partial charge is 0.408 e. The lowest BCUT2D eigenvalue weighted by Crippen LogP contribution is -2.56. The minimum absolute atomic E-state index is 0.00547. The minimum atomic E-state index is -1.38. The number of benzene rings is 3. The highest BCUT2D eigenvalue weighted by molar-refractivity contribution is 5.90. The van der Waals surface area contributed by atoms with E-state index in [1.165, 1.54) is 19.1 Å². The third-order valence-electron chi connectivity index (χ3n) is 5.45. The van der Waals surface area contributed by atoms with E-state index in [-0.39, 0.29) is 25.4 Å². The number of aliphatic hydroxyl groups excluding tert-OH is 1. The molecule has 0 saturated heterocycles. The molecule has 0 heterocycles. The van der Waals surface area contributed by atoms with Gasteiger partial charge >= 0.3 is 12.1 Å². The van der Waals surface area contributed by atoms with Gasteiger partial charge in [-0.1, -0.05) is 72.8 Å². The number of rotatable bonds is 11. The Labute approximate surface area is 215 Å². The van der Waals surface area contributed by atoms with Gasteiger partial charge in [0.15, 0.2) is 0 Å². The van der Waals surface area contributed by atoms with Crippen molar-refractivity contribution in [2.75, 3.05) is 0 Å². The number of hydrogen-bond acceptors (Lipinski definition) is 7. The van der Waals surface area contributed by atoms with Crippen LogP contribution in [0.1, 0.15) is 23.6 Å². The van der Waals surface area contributed by atoms with Gasteiger partial charge in [0.1, 0.15) is 31.0 Å². The molecule has 9 heteroatoms. The topological polar surface area (TPSA) is 134 Å². The number of carbonyl (C=O) groups is 3. The lowest BCUT2D eigenvalue weighted by Gasteiger charge is -2.24. The van der Waals surface area contributed by atoms with Crippen LogP contribution in [-0.2, 0) is 38.7 Å². The van der Waals surface area contributed by atoms with Crippen LogP contribution in [0.3, 0.4) is 0 Å². The Hall–Kier alpha value is -4.37. The minimum Gasteiger partial charge on any atom is -0.508 e. The van der Waals surface area contributed by atoms with E-state index in [4.69, 9.17) is 9.47 Å². The van der Waals surface area contributed by atoms with Gasteiger partial charge in [0.25, 0.3) is 0 Å². The number of phenolic OH excluding ortho intramolecular Hbond substituents is 1. The normalized spacial score (nSPS) is 13.0. The molecule has 3 aromatic carbocycles. The number of aromatic hydroxyl groups is 1. The monoisotopic (exact) mass is 506 g/mol. The van der Waals surface area contributed by atoms with Crippen molar-refractivity contribution >= 4 is 18.0 Å². The van der Waals surface area contributed by atoms with Crippen molar-refractivity contribution in [2.45, 2.75) is 44.7 Å². The van der Waals surface area contributed by atoms with Gasteiger partial charge in [0, 0.05) is 6.42 Å². The van der Waals surface area contributed by atoms with Crippen LogP contribution < -0.4 is 10.6 Å². The molecule has 194 valence electrons. The van der Waals surface area contributed by atoms with E-state index >= 15 is 0 Å². The number of ether oxygens (including phenoxy) is 2. The molecular formula is C28H30N2O7. The Balaban J connectivity index is 1.66. The Morgan fingerprint density at radius 1 is 0.757 bits per heavy atom. The molecule has 2 amide bonds. The van der Waals surface area contributed by atoms with Crippen molar-refractivity contribution in [1.29, 1.82) is 0 Å². The van der Waals surface area contributed by atoms with Crippen molar-refractivity contribution in [1.82, 2.24) is 10.6 Å². The molecule has 0 saturated carbocycles. The van der Waals surface area contributed by atoms with Crippen LogP contribution in [0.5, 0.6) is 5.75 Å². The number of aliphatic hydroxyl groups is 1. The first kappa shape index (κ1) is 27.2. The number of amides is 2. The summed E-state index contributed by atoms with van der Waals surface area (Å²) in [5.41, 5.74) is 2.18. The largest absolute Gasteiger partial charge is 0.508 e. The highest BCUT2D eigenvalue weighted by Crippen LogP contribution is 2.13. The lowest BCUT2D eigenvalue weighted by atomic mass is 10.0. The fourth-order valence-corrected chi connectivity index (χ4v) is 3.45. The first-order valence-electron chi connectivity index (χ1n) is 11.8.